The van der Waals surface area contributed by atoms with E-state index in [9.17, 15) is 4.79 Å². The minimum absolute atomic E-state index is 0.337. The number of carbonyl (C=O) groups is 1. The van der Waals surface area contributed by atoms with Gasteiger partial charge in [-0.15, -0.1) is 0 Å². The smallest absolute Gasteiger partial charge is 0.339 e. The fraction of sp³-hybridized carbons (Fsp3) is 0.167. The molecular formula is C18H16O4. The van der Waals surface area contributed by atoms with Gasteiger partial charge >= 0.3 is 5.97 Å². The maximum Gasteiger partial charge on any atom is 0.339 e. The first kappa shape index (κ1) is 15.5. The van der Waals surface area contributed by atoms with Crippen LogP contribution in [0.1, 0.15) is 21.5 Å². The van der Waals surface area contributed by atoms with Crippen LogP contribution < -0.4 is 9.47 Å². The summed E-state index contributed by atoms with van der Waals surface area (Å²) in [4.78, 5) is 11.9. The Morgan fingerprint density at radius 3 is 2.14 bits per heavy atom. The van der Waals surface area contributed by atoms with Crippen LogP contribution in [0.4, 0.5) is 0 Å². The number of rotatable bonds is 3. The Bertz CT molecular complexity index is 724. The zero-order valence-corrected chi connectivity index (χ0v) is 12.7. The molecule has 0 saturated carbocycles. The Morgan fingerprint density at radius 1 is 0.909 bits per heavy atom. The average molecular weight is 296 g/mol. The second kappa shape index (κ2) is 7.19. The van der Waals surface area contributed by atoms with Crippen molar-refractivity contribution in [3.8, 4) is 23.3 Å². The Hall–Kier alpha value is -2.93. The van der Waals surface area contributed by atoms with Crippen molar-refractivity contribution in [2.75, 3.05) is 21.3 Å². The fourth-order valence-electron chi connectivity index (χ4n) is 1.92. The zero-order valence-electron chi connectivity index (χ0n) is 12.7. The Morgan fingerprint density at radius 2 is 1.55 bits per heavy atom. The molecular weight excluding hydrogens is 280 g/mol. The lowest BCUT2D eigenvalue weighted by atomic mass is 10.1. The number of ether oxygens (including phenoxy) is 3. The van der Waals surface area contributed by atoms with Crippen LogP contribution in [0.3, 0.4) is 0 Å². The van der Waals surface area contributed by atoms with E-state index in [0.29, 0.717) is 22.6 Å². The van der Waals surface area contributed by atoms with Crippen LogP contribution in [-0.4, -0.2) is 27.3 Å². The molecule has 0 aliphatic carbocycles. The molecule has 0 fully saturated rings. The molecule has 0 heterocycles. The van der Waals surface area contributed by atoms with E-state index >= 15 is 0 Å². The van der Waals surface area contributed by atoms with Crippen molar-refractivity contribution in [1.29, 1.82) is 0 Å². The lowest BCUT2D eigenvalue weighted by Gasteiger charge is -2.10. The molecule has 0 amide bonds. The van der Waals surface area contributed by atoms with E-state index in [1.54, 1.807) is 12.1 Å². The van der Waals surface area contributed by atoms with E-state index in [4.69, 9.17) is 14.2 Å². The van der Waals surface area contributed by atoms with Gasteiger partial charge in [0.05, 0.1) is 26.9 Å². The normalized spacial score (nSPS) is 9.41. The highest BCUT2D eigenvalue weighted by Crippen LogP contribution is 2.30. The highest BCUT2D eigenvalue weighted by Gasteiger charge is 2.16. The second-order valence-electron chi connectivity index (χ2n) is 4.36. The van der Waals surface area contributed by atoms with E-state index in [0.717, 1.165) is 5.56 Å². The summed E-state index contributed by atoms with van der Waals surface area (Å²) >= 11 is 0. The van der Waals surface area contributed by atoms with Gasteiger partial charge in [0.2, 0.25) is 0 Å². The second-order valence-corrected chi connectivity index (χ2v) is 4.36. The molecule has 0 atom stereocenters. The van der Waals surface area contributed by atoms with Gasteiger partial charge in [-0.3, -0.25) is 0 Å². The van der Waals surface area contributed by atoms with Gasteiger partial charge in [0.25, 0.3) is 0 Å². The van der Waals surface area contributed by atoms with Crippen LogP contribution in [0.2, 0.25) is 0 Å². The van der Waals surface area contributed by atoms with Gasteiger partial charge in [0.1, 0.15) is 0 Å². The van der Waals surface area contributed by atoms with E-state index in [-0.39, 0.29) is 0 Å². The van der Waals surface area contributed by atoms with Gasteiger partial charge in [0.15, 0.2) is 11.5 Å². The number of benzene rings is 2. The van der Waals surface area contributed by atoms with Crippen molar-refractivity contribution in [2.45, 2.75) is 0 Å². The molecule has 0 unspecified atom stereocenters. The summed E-state index contributed by atoms with van der Waals surface area (Å²) < 4.78 is 15.3. The molecule has 4 nitrogen and oxygen atoms in total. The molecule has 0 N–H and O–H groups in total. The van der Waals surface area contributed by atoms with Gasteiger partial charge < -0.3 is 14.2 Å². The van der Waals surface area contributed by atoms with Crippen molar-refractivity contribution in [3.63, 3.8) is 0 Å². The molecule has 2 aromatic carbocycles. The van der Waals surface area contributed by atoms with Crippen molar-refractivity contribution < 1.29 is 19.0 Å². The number of methoxy groups -OCH3 is 3. The molecule has 0 radical (unpaired) electrons. The average Bonchev–Trinajstić information content (AvgIpc) is 2.59. The van der Waals surface area contributed by atoms with Crippen LogP contribution in [0, 0.1) is 11.8 Å². The maximum atomic E-state index is 11.9. The zero-order chi connectivity index (χ0) is 15.9. The van der Waals surface area contributed by atoms with E-state index < -0.39 is 5.97 Å². The minimum Gasteiger partial charge on any atom is -0.493 e. The predicted molar refractivity (Wildman–Crippen MR) is 83.3 cm³/mol. The quantitative estimate of drug-likeness (QED) is 0.645. The third-order valence-corrected chi connectivity index (χ3v) is 3.04. The lowest BCUT2D eigenvalue weighted by molar-refractivity contribution is 0.0600. The number of hydrogen-bond donors (Lipinski definition) is 0. The number of esters is 1. The van der Waals surface area contributed by atoms with Crippen LogP contribution in [-0.2, 0) is 4.74 Å². The lowest BCUT2D eigenvalue weighted by Crippen LogP contribution is -2.05. The molecule has 4 heteroatoms. The third kappa shape index (κ3) is 3.39. The summed E-state index contributed by atoms with van der Waals surface area (Å²) in [5.41, 5.74) is 1.71. The molecule has 0 aliphatic rings. The summed E-state index contributed by atoms with van der Waals surface area (Å²) in [5.74, 6) is 6.48. The van der Waals surface area contributed by atoms with E-state index in [1.165, 1.54) is 21.3 Å². The fourth-order valence-corrected chi connectivity index (χ4v) is 1.92. The Kier molecular flexibility index (Phi) is 5.05. The summed E-state index contributed by atoms with van der Waals surface area (Å²) in [6, 6.07) is 12.7. The molecule has 2 aromatic rings. The first-order valence-corrected chi connectivity index (χ1v) is 6.61. The van der Waals surface area contributed by atoms with Crippen LogP contribution in [0.15, 0.2) is 42.5 Å². The monoisotopic (exact) mass is 296 g/mol. The van der Waals surface area contributed by atoms with Crippen molar-refractivity contribution in [2.24, 2.45) is 0 Å². The first-order valence-electron chi connectivity index (χ1n) is 6.61. The van der Waals surface area contributed by atoms with E-state index in [2.05, 4.69) is 11.8 Å². The van der Waals surface area contributed by atoms with Gasteiger partial charge in [-0.2, -0.15) is 0 Å². The van der Waals surface area contributed by atoms with Crippen molar-refractivity contribution >= 4 is 5.97 Å². The Labute approximate surface area is 129 Å². The molecule has 0 aromatic heterocycles. The van der Waals surface area contributed by atoms with Gasteiger partial charge in [-0.05, 0) is 18.2 Å². The number of hydrogen-bond acceptors (Lipinski definition) is 4. The van der Waals surface area contributed by atoms with Crippen LogP contribution in [0.5, 0.6) is 11.5 Å². The predicted octanol–water partition coefficient (Wildman–Crippen LogP) is 2.89. The van der Waals surface area contributed by atoms with Crippen molar-refractivity contribution in [3.05, 3.63) is 59.2 Å². The number of carbonyl (C=O) groups excluding carboxylic acids is 1. The topological polar surface area (TPSA) is 44.8 Å². The summed E-state index contributed by atoms with van der Waals surface area (Å²) in [6.07, 6.45) is 0. The largest absolute Gasteiger partial charge is 0.493 e. The summed E-state index contributed by atoms with van der Waals surface area (Å²) in [6.45, 7) is 0. The molecule has 2 rings (SSSR count). The Balaban J connectivity index is 2.53. The standard InChI is InChI=1S/C18H16O4/c1-20-16-11-14(10-9-13-7-5-4-6-8-13)15(18(19)22-3)12-17(16)21-2/h4-8,11-12H,1-3H3. The highest BCUT2D eigenvalue weighted by molar-refractivity contribution is 5.93. The van der Waals surface area contributed by atoms with Gasteiger partial charge in [-0.25, -0.2) is 4.79 Å². The molecule has 0 bridgehead atoms. The van der Waals surface area contributed by atoms with Crippen LogP contribution >= 0.6 is 0 Å². The highest BCUT2D eigenvalue weighted by atomic mass is 16.5. The molecule has 0 spiro atoms. The van der Waals surface area contributed by atoms with Gasteiger partial charge in [0, 0.05) is 17.2 Å². The third-order valence-electron chi connectivity index (χ3n) is 3.04. The maximum absolute atomic E-state index is 11.9. The minimum atomic E-state index is -0.474. The van der Waals surface area contributed by atoms with Gasteiger partial charge in [-0.1, -0.05) is 30.0 Å². The molecule has 22 heavy (non-hydrogen) atoms. The summed E-state index contributed by atoms with van der Waals surface area (Å²) in [5, 5.41) is 0. The van der Waals surface area contributed by atoms with E-state index in [1.807, 2.05) is 30.3 Å². The van der Waals surface area contributed by atoms with Crippen LogP contribution in [0.25, 0.3) is 0 Å². The molecule has 112 valence electrons. The van der Waals surface area contributed by atoms with Crippen molar-refractivity contribution in [1.82, 2.24) is 0 Å². The summed E-state index contributed by atoms with van der Waals surface area (Å²) in [7, 11) is 4.37. The molecule has 0 saturated heterocycles. The first-order chi connectivity index (χ1) is 10.7. The SMILES string of the molecule is COC(=O)c1cc(OC)c(OC)cc1C#Cc1ccccc1. The molecule has 0 aliphatic heterocycles.